The summed E-state index contributed by atoms with van der Waals surface area (Å²) in [5, 5.41) is 2.92. The van der Waals surface area contributed by atoms with Crippen LogP contribution < -0.4 is 19.5 Å². The number of benzene rings is 3. The van der Waals surface area contributed by atoms with Gasteiger partial charge in [0.2, 0.25) is 0 Å². The van der Waals surface area contributed by atoms with Crippen molar-refractivity contribution in [3.05, 3.63) is 78.4 Å². The standard InChI is InChI=1S/C26H30N2O4/c1-4-28(5-2)16-17-31-25-19-21(14-15-24(25)30-3)27-26(29)20-10-9-13-23(18-20)32-22-11-7-6-8-12-22/h6-15,18-19H,4-5,16-17H2,1-3H3,(H,27,29). The first-order valence-corrected chi connectivity index (χ1v) is 10.8. The largest absolute Gasteiger partial charge is 0.493 e. The molecule has 0 aliphatic rings. The summed E-state index contributed by atoms with van der Waals surface area (Å²) in [6.07, 6.45) is 0. The van der Waals surface area contributed by atoms with Crippen LogP contribution in [-0.4, -0.2) is 44.2 Å². The van der Waals surface area contributed by atoms with E-state index in [4.69, 9.17) is 14.2 Å². The molecule has 0 heterocycles. The maximum atomic E-state index is 12.8. The number of hydrogen-bond acceptors (Lipinski definition) is 5. The number of hydrogen-bond donors (Lipinski definition) is 1. The van der Waals surface area contributed by atoms with Gasteiger partial charge in [0.1, 0.15) is 18.1 Å². The summed E-state index contributed by atoms with van der Waals surface area (Å²) in [4.78, 5) is 15.1. The second-order valence-corrected chi connectivity index (χ2v) is 7.14. The quantitative estimate of drug-likeness (QED) is 0.434. The molecule has 0 spiro atoms. The van der Waals surface area contributed by atoms with Crippen LogP contribution in [0, 0.1) is 0 Å². The molecule has 0 aromatic heterocycles. The Kier molecular flexibility index (Phi) is 8.52. The molecule has 0 fully saturated rings. The third-order valence-electron chi connectivity index (χ3n) is 5.06. The number of anilines is 1. The normalized spacial score (nSPS) is 10.6. The molecular formula is C26H30N2O4. The maximum absolute atomic E-state index is 12.8. The number of nitrogens with one attached hydrogen (secondary N) is 1. The lowest BCUT2D eigenvalue weighted by Crippen LogP contribution is -2.28. The van der Waals surface area contributed by atoms with Crippen molar-refractivity contribution in [1.29, 1.82) is 0 Å². The number of ether oxygens (including phenoxy) is 3. The molecule has 0 aliphatic heterocycles. The lowest BCUT2D eigenvalue weighted by Gasteiger charge is -2.19. The third-order valence-corrected chi connectivity index (χ3v) is 5.06. The van der Waals surface area contributed by atoms with Crippen LogP contribution in [0.25, 0.3) is 0 Å². The van der Waals surface area contributed by atoms with E-state index in [0.717, 1.165) is 19.6 Å². The zero-order valence-electron chi connectivity index (χ0n) is 18.8. The number of nitrogens with zero attached hydrogens (tertiary/aromatic N) is 1. The van der Waals surface area contributed by atoms with Crippen LogP contribution in [0.3, 0.4) is 0 Å². The minimum atomic E-state index is -0.234. The molecule has 32 heavy (non-hydrogen) atoms. The molecule has 0 atom stereocenters. The van der Waals surface area contributed by atoms with Crippen molar-refractivity contribution < 1.29 is 19.0 Å². The van der Waals surface area contributed by atoms with E-state index in [1.54, 1.807) is 43.5 Å². The molecule has 0 saturated carbocycles. The van der Waals surface area contributed by atoms with Crippen molar-refractivity contribution in [1.82, 2.24) is 4.90 Å². The lowest BCUT2D eigenvalue weighted by molar-refractivity contribution is 0.102. The molecule has 3 aromatic rings. The van der Waals surface area contributed by atoms with Gasteiger partial charge in [-0.05, 0) is 55.6 Å². The van der Waals surface area contributed by atoms with Gasteiger partial charge < -0.3 is 24.4 Å². The van der Waals surface area contributed by atoms with E-state index in [9.17, 15) is 4.79 Å². The molecule has 3 rings (SSSR count). The molecule has 6 heteroatoms. The van der Waals surface area contributed by atoms with Crippen LogP contribution in [0.15, 0.2) is 72.8 Å². The zero-order valence-corrected chi connectivity index (χ0v) is 18.8. The Labute approximate surface area is 189 Å². The first-order chi connectivity index (χ1) is 15.6. The van der Waals surface area contributed by atoms with Gasteiger partial charge in [-0.2, -0.15) is 0 Å². The van der Waals surface area contributed by atoms with Crippen molar-refractivity contribution in [3.63, 3.8) is 0 Å². The molecule has 6 nitrogen and oxygen atoms in total. The predicted octanol–water partition coefficient (Wildman–Crippen LogP) is 5.46. The van der Waals surface area contributed by atoms with E-state index >= 15 is 0 Å². The van der Waals surface area contributed by atoms with Crippen molar-refractivity contribution in [2.75, 3.05) is 38.7 Å². The van der Waals surface area contributed by atoms with Gasteiger partial charge in [-0.1, -0.05) is 38.1 Å². The van der Waals surface area contributed by atoms with Crippen LogP contribution in [0.5, 0.6) is 23.0 Å². The van der Waals surface area contributed by atoms with E-state index in [1.165, 1.54) is 0 Å². The highest BCUT2D eigenvalue weighted by Gasteiger charge is 2.11. The highest BCUT2D eigenvalue weighted by Crippen LogP contribution is 2.30. The van der Waals surface area contributed by atoms with Gasteiger partial charge in [0.25, 0.3) is 5.91 Å². The second kappa shape index (κ2) is 11.8. The maximum Gasteiger partial charge on any atom is 0.255 e. The smallest absolute Gasteiger partial charge is 0.255 e. The predicted molar refractivity (Wildman–Crippen MR) is 127 cm³/mol. The average molecular weight is 435 g/mol. The molecule has 168 valence electrons. The van der Waals surface area contributed by atoms with Gasteiger partial charge in [0, 0.05) is 23.9 Å². The topological polar surface area (TPSA) is 60.0 Å². The van der Waals surface area contributed by atoms with Crippen LogP contribution in [0.2, 0.25) is 0 Å². The summed E-state index contributed by atoms with van der Waals surface area (Å²) in [7, 11) is 1.60. The van der Waals surface area contributed by atoms with E-state index < -0.39 is 0 Å². The average Bonchev–Trinajstić information content (AvgIpc) is 2.83. The van der Waals surface area contributed by atoms with Crippen LogP contribution in [0.1, 0.15) is 24.2 Å². The Hall–Kier alpha value is -3.51. The van der Waals surface area contributed by atoms with Crippen LogP contribution in [0.4, 0.5) is 5.69 Å². The van der Waals surface area contributed by atoms with Gasteiger partial charge in [-0.3, -0.25) is 4.79 Å². The Morgan fingerprint density at radius 1 is 0.875 bits per heavy atom. The molecule has 1 N–H and O–H groups in total. The van der Waals surface area contributed by atoms with E-state index in [1.807, 2.05) is 36.4 Å². The fourth-order valence-corrected chi connectivity index (χ4v) is 3.22. The summed E-state index contributed by atoms with van der Waals surface area (Å²) in [6, 6.07) is 21.9. The molecular weight excluding hydrogens is 404 g/mol. The van der Waals surface area contributed by atoms with E-state index in [0.29, 0.717) is 40.9 Å². The molecule has 0 radical (unpaired) electrons. The van der Waals surface area contributed by atoms with Crippen molar-refractivity contribution >= 4 is 11.6 Å². The van der Waals surface area contributed by atoms with Gasteiger partial charge in [0.15, 0.2) is 11.5 Å². The minimum Gasteiger partial charge on any atom is -0.493 e. The number of likely N-dealkylation sites (N-methyl/N-ethyl adjacent to an activating group) is 1. The SMILES string of the molecule is CCN(CC)CCOc1cc(NC(=O)c2cccc(Oc3ccccc3)c2)ccc1OC. The summed E-state index contributed by atoms with van der Waals surface area (Å²) in [5.74, 6) is 2.30. The Morgan fingerprint density at radius 3 is 2.34 bits per heavy atom. The summed E-state index contributed by atoms with van der Waals surface area (Å²) in [6.45, 7) is 7.55. The van der Waals surface area contributed by atoms with Gasteiger partial charge in [-0.15, -0.1) is 0 Å². The summed E-state index contributed by atoms with van der Waals surface area (Å²) >= 11 is 0. The number of methoxy groups -OCH3 is 1. The first-order valence-electron chi connectivity index (χ1n) is 10.8. The summed E-state index contributed by atoms with van der Waals surface area (Å²) < 4.78 is 17.2. The fraction of sp³-hybridized carbons (Fsp3) is 0.269. The minimum absolute atomic E-state index is 0.234. The van der Waals surface area contributed by atoms with Crippen LogP contribution in [-0.2, 0) is 0 Å². The van der Waals surface area contributed by atoms with Crippen LogP contribution >= 0.6 is 0 Å². The molecule has 0 bridgehead atoms. The van der Waals surface area contributed by atoms with E-state index in [-0.39, 0.29) is 5.91 Å². The van der Waals surface area contributed by atoms with E-state index in [2.05, 4.69) is 24.1 Å². The molecule has 0 saturated heterocycles. The third kappa shape index (κ3) is 6.49. The highest BCUT2D eigenvalue weighted by molar-refractivity contribution is 6.04. The molecule has 0 unspecified atom stereocenters. The Morgan fingerprint density at radius 2 is 1.62 bits per heavy atom. The number of amides is 1. The molecule has 3 aromatic carbocycles. The number of rotatable bonds is 11. The van der Waals surface area contributed by atoms with Crippen molar-refractivity contribution in [2.45, 2.75) is 13.8 Å². The zero-order chi connectivity index (χ0) is 22.8. The lowest BCUT2D eigenvalue weighted by atomic mass is 10.2. The molecule has 1 amide bonds. The number of para-hydroxylation sites is 1. The Balaban J connectivity index is 1.67. The van der Waals surface area contributed by atoms with Gasteiger partial charge >= 0.3 is 0 Å². The van der Waals surface area contributed by atoms with Gasteiger partial charge in [0.05, 0.1) is 7.11 Å². The first kappa shape index (κ1) is 23.2. The Bertz CT molecular complexity index is 1000. The highest BCUT2D eigenvalue weighted by atomic mass is 16.5. The number of carbonyl (C=O) groups excluding carboxylic acids is 1. The second-order valence-electron chi connectivity index (χ2n) is 7.14. The van der Waals surface area contributed by atoms with Crippen molar-refractivity contribution in [3.8, 4) is 23.0 Å². The summed E-state index contributed by atoms with van der Waals surface area (Å²) in [5.41, 5.74) is 1.13. The fourth-order valence-electron chi connectivity index (χ4n) is 3.22. The van der Waals surface area contributed by atoms with Crippen molar-refractivity contribution in [2.24, 2.45) is 0 Å². The van der Waals surface area contributed by atoms with Gasteiger partial charge in [-0.25, -0.2) is 0 Å². The monoisotopic (exact) mass is 434 g/mol. The number of carbonyl (C=O) groups is 1. The molecule has 0 aliphatic carbocycles.